The van der Waals surface area contributed by atoms with Gasteiger partial charge in [0.1, 0.15) is 11.3 Å². The Morgan fingerprint density at radius 2 is 1.93 bits per heavy atom. The Morgan fingerprint density at radius 1 is 1.20 bits per heavy atom. The maximum atomic E-state index is 12.1. The summed E-state index contributed by atoms with van der Waals surface area (Å²) >= 11 is 0. The van der Waals surface area contributed by atoms with Crippen molar-refractivity contribution < 1.29 is 8.42 Å². The van der Waals surface area contributed by atoms with Gasteiger partial charge in [-0.05, 0) is 55.5 Å². The van der Waals surface area contributed by atoms with Crippen molar-refractivity contribution in [1.29, 1.82) is 0 Å². The van der Waals surface area contributed by atoms with Crippen LogP contribution in [0.4, 0.5) is 5.69 Å². The first-order valence-corrected chi connectivity index (χ1v) is 12.3. The van der Waals surface area contributed by atoms with E-state index in [1.54, 1.807) is 24.7 Å². The van der Waals surface area contributed by atoms with E-state index in [0.29, 0.717) is 22.7 Å². The Kier molecular flexibility index (Phi) is 5.22. The monoisotopic (exact) mass is 428 g/mol. The maximum absolute atomic E-state index is 12.1. The zero-order chi connectivity index (χ0) is 21.6. The molecule has 1 aromatic carbocycles. The van der Waals surface area contributed by atoms with Gasteiger partial charge in [-0.1, -0.05) is 13.3 Å². The van der Waals surface area contributed by atoms with Crippen LogP contribution in [0, 0.1) is 6.92 Å². The number of unbranched alkanes of at least 4 members (excludes halogenated alkanes) is 1. The van der Waals surface area contributed by atoms with E-state index in [0.717, 1.165) is 61.0 Å². The van der Waals surface area contributed by atoms with Gasteiger partial charge >= 0.3 is 0 Å². The molecule has 0 atom stereocenters. The summed E-state index contributed by atoms with van der Waals surface area (Å²) in [4.78, 5) is 17.0. The molecule has 0 spiro atoms. The highest BCUT2D eigenvalue weighted by Crippen LogP contribution is 2.42. The highest BCUT2D eigenvalue weighted by Gasteiger charge is 2.30. The van der Waals surface area contributed by atoms with E-state index >= 15 is 0 Å². The molecule has 2 heterocycles. The second-order valence-electron chi connectivity index (χ2n) is 8.34. The number of nitrogens with zero attached hydrogens (tertiary/aromatic N) is 3. The molecule has 1 aliphatic rings. The van der Waals surface area contributed by atoms with Crippen molar-refractivity contribution in [1.82, 2.24) is 14.1 Å². The lowest BCUT2D eigenvalue weighted by Crippen LogP contribution is -2.18. The predicted octanol–water partition coefficient (Wildman–Crippen LogP) is 3.76. The van der Waals surface area contributed by atoms with E-state index in [2.05, 4.69) is 22.3 Å². The quantitative estimate of drug-likeness (QED) is 0.621. The summed E-state index contributed by atoms with van der Waals surface area (Å²) in [7, 11) is -1.74. The molecular weight excluding hydrogens is 400 g/mol. The molecule has 0 radical (unpaired) electrons. The zero-order valence-electron chi connectivity index (χ0n) is 17.9. The Labute approximate surface area is 176 Å². The Hall–Kier alpha value is -2.61. The van der Waals surface area contributed by atoms with E-state index < -0.39 is 10.0 Å². The maximum Gasteiger partial charge on any atom is 0.253 e. The fraction of sp³-hybridized carbons (Fsp3) is 0.455. The van der Waals surface area contributed by atoms with Crippen LogP contribution in [-0.4, -0.2) is 28.8 Å². The van der Waals surface area contributed by atoms with E-state index in [1.165, 1.54) is 0 Å². The number of imidazole rings is 1. The largest absolute Gasteiger partial charge is 0.328 e. The lowest BCUT2D eigenvalue weighted by atomic mass is 10.0. The molecule has 0 saturated heterocycles. The lowest BCUT2D eigenvalue weighted by molar-refractivity contribution is 0.607. The van der Waals surface area contributed by atoms with Crippen LogP contribution in [-0.2, 0) is 23.6 Å². The van der Waals surface area contributed by atoms with Gasteiger partial charge in [-0.25, -0.2) is 13.4 Å². The minimum atomic E-state index is -3.47. The molecule has 1 fully saturated rings. The van der Waals surface area contributed by atoms with Gasteiger partial charge in [0.05, 0.1) is 17.5 Å². The predicted molar refractivity (Wildman–Crippen MR) is 120 cm³/mol. The molecule has 8 heteroatoms. The molecule has 1 saturated carbocycles. The van der Waals surface area contributed by atoms with E-state index in [4.69, 9.17) is 4.98 Å². The van der Waals surface area contributed by atoms with Gasteiger partial charge in [0.25, 0.3) is 5.56 Å². The summed E-state index contributed by atoms with van der Waals surface area (Å²) < 4.78 is 30.6. The van der Waals surface area contributed by atoms with Gasteiger partial charge < -0.3 is 9.13 Å². The van der Waals surface area contributed by atoms with Crippen molar-refractivity contribution in [2.45, 2.75) is 52.0 Å². The van der Waals surface area contributed by atoms with Crippen molar-refractivity contribution >= 4 is 26.7 Å². The molecule has 0 amide bonds. The number of rotatable bonds is 7. The first-order chi connectivity index (χ1) is 14.2. The molecular formula is C22H28N4O3S. The van der Waals surface area contributed by atoms with Crippen LogP contribution in [0.1, 0.15) is 49.9 Å². The highest BCUT2D eigenvalue weighted by atomic mass is 32.2. The smallest absolute Gasteiger partial charge is 0.253 e. The standard InChI is InChI=1S/C22H28N4O3S/c1-5-6-9-26-19-12-16(17-10-14(2)22(27)25(3)13-17)11-18(24-30(4,28)29)20(19)23-21(26)15-7-8-15/h10-13,15,24H,5-9H2,1-4H3. The number of aromatic nitrogens is 3. The fourth-order valence-electron chi connectivity index (χ4n) is 3.92. The van der Waals surface area contributed by atoms with Crippen LogP contribution in [0.15, 0.2) is 29.2 Å². The van der Waals surface area contributed by atoms with Crippen LogP contribution in [0.25, 0.3) is 22.2 Å². The average molecular weight is 429 g/mol. The van der Waals surface area contributed by atoms with Gasteiger partial charge in [-0.2, -0.15) is 0 Å². The van der Waals surface area contributed by atoms with Crippen LogP contribution < -0.4 is 10.3 Å². The number of nitrogens with one attached hydrogen (secondary N) is 1. The highest BCUT2D eigenvalue weighted by molar-refractivity contribution is 7.92. The summed E-state index contributed by atoms with van der Waals surface area (Å²) in [5, 5.41) is 0. The summed E-state index contributed by atoms with van der Waals surface area (Å²) in [5.41, 5.74) is 4.42. The second kappa shape index (κ2) is 7.58. The first-order valence-electron chi connectivity index (χ1n) is 10.4. The molecule has 2 aromatic heterocycles. The summed E-state index contributed by atoms with van der Waals surface area (Å²) in [6.45, 7) is 4.80. The molecule has 30 heavy (non-hydrogen) atoms. The summed E-state index contributed by atoms with van der Waals surface area (Å²) in [6, 6.07) is 5.73. The van der Waals surface area contributed by atoms with Gasteiger partial charge in [-0.3, -0.25) is 9.52 Å². The number of hydrogen-bond donors (Lipinski definition) is 1. The van der Waals surface area contributed by atoms with Crippen molar-refractivity contribution in [2.75, 3.05) is 11.0 Å². The molecule has 0 bridgehead atoms. The zero-order valence-corrected chi connectivity index (χ0v) is 18.7. The van der Waals surface area contributed by atoms with Crippen molar-refractivity contribution in [3.63, 3.8) is 0 Å². The molecule has 3 aromatic rings. The number of hydrogen-bond acceptors (Lipinski definition) is 4. The summed E-state index contributed by atoms with van der Waals surface area (Å²) in [6.07, 6.45) is 7.28. The van der Waals surface area contributed by atoms with Crippen LogP contribution in [0.2, 0.25) is 0 Å². The second-order valence-corrected chi connectivity index (χ2v) is 10.1. The number of fused-ring (bicyclic) bond motifs is 1. The molecule has 4 rings (SSSR count). The van der Waals surface area contributed by atoms with Gasteiger partial charge in [0.15, 0.2) is 0 Å². The SMILES string of the molecule is CCCCn1c(C2CC2)nc2c(NS(C)(=O)=O)cc(-c3cc(C)c(=O)n(C)c3)cc21. The average Bonchev–Trinajstić information content (AvgIpc) is 3.44. The first kappa shape index (κ1) is 20.7. The minimum Gasteiger partial charge on any atom is -0.328 e. The minimum absolute atomic E-state index is 0.0432. The number of benzene rings is 1. The van der Waals surface area contributed by atoms with Gasteiger partial charge in [0.2, 0.25) is 10.0 Å². The Balaban J connectivity index is 1.98. The van der Waals surface area contributed by atoms with Gasteiger partial charge in [-0.15, -0.1) is 0 Å². The van der Waals surface area contributed by atoms with Crippen LogP contribution in [0.3, 0.4) is 0 Å². The normalized spacial score (nSPS) is 14.4. The molecule has 0 unspecified atom stereocenters. The molecule has 1 aliphatic carbocycles. The molecule has 160 valence electrons. The van der Waals surface area contributed by atoms with E-state index in [9.17, 15) is 13.2 Å². The summed E-state index contributed by atoms with van der Waals surface area (Å²) in [5.74, 6) is 1.49. The van der Waals surface area contributed by atoms with E-state index in [1.807, 2.05) is 12.1 Å². The number of aryl methyl sites for hydroxylation is 3. The number of pyridine rings is 1. The Morgan fingerprint density at radius 3 is 2.53 bits per heavy atom. The molecule has 7 nitrogen and oxygen atoms in total. The third-order valence-electron chi connectivity index (χ3n) is 5.55. The Bertz CT molecular complexity index is 1260. The van der Waals surface area contributed by atoms with Crippen molar-refractivity contribution in [3.8, 4) is 11.1 Å². The number of anilines is 1. The lowest BCUT2D eigenvalue weighted by Gasteiger charge is -2.12. The molecule has 1 N–H and O–H groups in total. The van der Waals surface area contributed by atoms with Crippen LogP contribution >= 0.6 is 0 Å². The van der Waals surface area contributed by atoms with Crippen molar-refractivity contribution in [2.24, 2.45) is 7.05 Å². The topological polar surface area (TPSA) is 86.0 Å². The van der Waals surface area contributed by atoms with E-state index in [-0.39, 0.29) is 5.56 Å². The number of sulfonamides is 1. The van der Waals surface area contributed by atoms with Gasteiger partial charge in [0, 0.05) is 31.3 Å². The fourth-order valence-corrected chi connectivity index (χ4v) is 4.48. The third kappa shape index (κ3) is 4.01. The van der Waals surface area contributed by atoms with Crippen molar-refractivity contribution in [3.05, 3.63) is 46.1 Å². The molecule has 0 aliphatic heterocycles. The van der Waals surface area contributed by atoms with Crippen LogP contribution in [0.5, 0.6) is 0 Å². The third-order valence-corrected chi connectivity index (χ3v) is 6.14.